The van der Waals surface area contributed by atoms with Crippen molar-refractivity contribution in [1.82, 2.24) is 0 Å². The van der Waals surface area contributed by atoms with Crippen molar-refractivity contribution in [3.8, 4) is 0 Å². The van der Waals surface area contributed by atoms with Gasteiger partial charge in [0.1, 0.15) is 5.82 Å². The van der Waals surface area contributed by atoms with Gasteiger partial charge in [0, 0.05) is 0 Å². The first-order chi connectivity index (χ1) is 4.72. The van der Waals surface area contributed by atoms with Crippen molar-refractivity contribution in [2.45, 2.75) is 4.90 Å². The summed E-state index contributed by atoms with van der Waals surface area (Å²) in [4.78, 5) is 0.0316. The topological polar surface area (TPSA) is 17.1 Å². The summed E-state index contributed by atoms with van der Waals surface area (Å²) in [5.74, 6) is -0.532. The maximum Gasteiger partial charge on any atom is 0.150 e. The molecule has 1 nitrogen and oxygen atoms in total. The van der Waals surface area contributed by atoms with Gasteiger partial charge >= 0.3 is 0 Å². The van der Waals surface area contributed by atoms with E-state index in [1.54, 1.807) is 6.07 Å². The first-order valence-corrected chi connectivity index (χ1v) is 4.52. The molecule has 1 aromatic carbocycles. The Bertz CT molecular complexity index is 264. The van der Waals surface area contributed by atoms with E-state index in [4.69, 9.17) is 10.7 Å². The van der Waals surface area contributed by atoms with Gasteiger partial charge in [0.2, 0.25) is 0 Å². The molecule has 1 rings (SSSR count). The lowest BCUT2D eigenvalue weighted by Gasteiger charge is -1.93. The van der Waals surface area contributed by atoms with Gasteiger partial charge in [0.15, 0.2) is 10.0 Å². The number of hydrogen-bond donors (Lipinski definition) is 0. The Balaban J connectivity index is 3.15. The first kappa shape index (κ1) is 7.69. The van der Waals surface area contributed by atoms with Gasteiger partial charge in [0.25, 0.3) is 0 Å². The lowest BCUT2D eigenvalue weighted by molar-refractivity contribution is 0.597. The Kier molecular flexibility index (Phi) is 2.40. The van der Waals surface area contributed by atoms with E-state index in [1.807, 2.05) is 0 Å². The third-order valence-corrected chi connectivity index (χ3v) is 2.19. The van der Waals surface area contributed by atoms with Crippen LogP contribution in [0.3, 0.4) is 0 Å². The van der Waals surface area contributed by atoms with Crippen LogP contribution in [-0.4, -0.2) is 4.21 Å². The van der Waals surface area contributed by atoms with Crippen LogP contribution >= 0.6 is 10.7 Å². The SMILES string of the molecule is O=[S@@](Cl)c1ccccc1F. The highest BCUT2D eigenvalue weighted by Gasteiger charge is 2.04. The third kappa shape index (κ3) is 1.55. The number of hydrogen-bond acceptors (Lipinski definition) is 1. The molecule has 0 amide bonds. The molecular formula is C6H4ClFOS. The van der Waals surface area contributed by atoms with Crippen molar-refractivity contribution in [2.75, 3.05) is 0 Å². The summed E-state index contributed by atoms with van der Waals surface area (Å²) in [5.41, 5.74) is 0. The van der Waals surface area contributed by atoms with E-state index in [9.17, 15) is 8.60 Å². The molecule has 0 fully saturated rings. The molecule has 0 bridgehead atoms. The largest absolute Gasteiger partial charge is 0.237 e. The maximum atomic E-state index is 12.6. The zero-order chi connectivity index (χ0) is 7.56. The second-order valence-electron chi connectivity index (χ2n) is 1.65. The van der Waals surface area contributed by atoms with E-state index in [1.165, 1.54) is 18.2 Å². The van der Waals surface area contributed by atoms with E-state index in [2.05, 4.69) is 0 Å². The molecule has 4 heteroatoms. The molecule has 0 aliphatic heterocycles. The number of halogens is 2. The van der Waals surface area contributed by atoms with Crippen molar-refractivity contribution < 1.29 is 8.60 Å². The molecule has 0 N–H and O–H groups in total. The smallest absolute Gasteiger partial charge is 0.150 e. The summed E-state index contributed by atoms with van der Waals surface area (Å²) in [6.07, 6.45) is 0. The zero-order valence-corrected chi connectivity index (χ0v) is 6.45. The molecule has 54 valence electrons. The minimum Gasteiger partial charge on any atom is -0.237 e. The Hall–Kier alpha value is -0.410. The number of benzene rings is 1. The monoisotopic (exact) mass is 178 g/mol. The summed E-state index contributed by atoms with van der Waals surface area (Å²) in [7, 11) is 3.40. The second kappa shape index (κ2) is 3.12. The van der Waals surface area contributed by atoms with Crippen molar-refractivity contribution in [2.24, 2.45) is 0 Å². The predicted molar refractivity (Wildman–Crippen MR) is 38.7 cm³/mol. The van der Waals surface area contributed by atoms with E-state index in [0.717, 1.165) is 0 Å². The van der Waals surface area contributed by atoms with Crippen molar-refractivity contribution in [3.05, 3.63) is 30.1 Å². The van der Waals surface area contributed by atoms with Crippen LogP contribution in [0.1, 0.15) is 0 Å². The Labute approximate surface area is 64.8 Å². The third-order valence-electron chi connectivity index (χ3n) is 1.01. The normalized spacial score (nSPS) is 13.0. The van der Waals surface area contributed by atoms with Crippen LogP contribution in [0, 0.1) is 5.82 Å². The standard InChI is InChI=1S/C6H4ClFOS/c7-10(9)6-4-2-1-3-5(6)8/h1-4H/t10-/m1/s1. The summed E-state index contributed by atoms with van der Waals surface area (Å²) in [6.45, 7) is 0. The van der Waals surface area contributed by atoms with Crippen LogP contribution in [-0.2, 0) is 10.0 Å². The van der Waals surface area contributed by atoms with Gasteiger partial charge in [-0.3, -0.25) is 0 Å². The highest BCUT2D eigenvalue weighted by molar-refractivity contribution is 8.08. The van der Waals surface area contributed by atoms with Gasteiger partial charge in [-0.1, -0.05) is 12.1 Å². The summed E-state index contributed by atoms with van der Waals surface area (Å²) >= 11 is 0. The number of rotatable bonds is 1. The molecule has 10 heavy (non-hydrogen) atoms. The Morgan fingerprint density at radius 2 is 2.00 bits per heavy atom. The van der Waals surface area contributed by atoms with Crippen molar-refractivity contribution >= 4 is 20.7 Å². The summed E-state index contributed by atoms with van der Waals surface area (Å²) < 4.78 is 23.1. The Morgan fingerprint density at radius 1 is 1.40 bits per heavy atom. The molecule has 0 saturated heterocycles. The highest BCUT2D eigenvalue weighted by Crippen LogP contribution is 2.13. The molecule has 0 aromatic heterocycles. The van der Waals surface area contributed by atoms with Crippen LogP contribution in [0.2, 0.25) is 0 Å². The van der Waals surface area contributed by atoms with Crippen molar-refractivity contribution in [1.29, 1.82) is 0 Å². The Morgan fingerprint density at radius 3 is 2.40 bits per heavy atom. The highest BCUT2D eigenvalue weighted by atomic mass is 35.7. The van der Waals surface area contributed by atoms with Gasteiger partial charge in [-0.25, -0.2) is 8.60 Å². The van der Waals surface area contributed by atoms with Gasteiger partial charge in [0.05, 0.1) is 4.90 Å². The fraction of sp³-hybridized carbons (Fsp3) is 0. The van der Waals surface area contributed by atoms with E-state index < -0.39 is 15.8 Å². The average Bonchev–Trinajstić information content (AvgIpc) is 1.88. The molecular weight excluding hydrogens is 175 g/mol. The average molecular weight is 179 g/mol. The molecule has 0 heterocycles. The lowest BCUT2D eigenvalue weighted by atomic mass is 10.4. The fourth-order valence-corrected chi connectivity index (χ4v) is 1.36. The van der Waals surface area contributed by atoms with E-state index in [0.29, 0.717) is 0 Å². The molecule has 0 spiro atoms. The van der Waals surface area contributed by atoms with Gasteiger partial charge in [-0.2, -0.15) is 0 Å². The predicted octanol–water partition coefficient (Wildman–Crippen LogP) is 2.09. The summed E-state index contributed by atoms with van der Waals surface area (Å²) in [5, 5.41) is 0. The molecule has 0 aliphatic rings. The molecule has 1 atom stereocenters. The van der Waals surface area contributed by atoms with Crippen LogP contribution in [0.5, 0.6) is 0 Å². The van der Waals surface area contributed by atoms with Crippen molar-refractivity contribution in [3.63, 3.8) is 0 Å². The maximum absolute atomic E-state index is 12.6. The molecule has 1 aromatic rings. The van der Waals surface area contributed by atoms with Gasteiger partial charge in [-0.15, -0.1) is 0 Å². The van der Waals surface area contributed by atoms with Crippen LogP contribution < -0.4 is 0 Å². The van der Waals surface area contributed by atoms with Crippen LogP contribution in [0.4, 0.5) is 4.39 Å². The second-order valence-corrected chi connectivity index (χ2v) is 3.38. The van der Waals surface area contributed by atoms with Gasteiger partial charge in [-0.05, 0) is 22.8 Å². The van der Waals surface area contributed by atoms with Gasteiger partial charge < -0.3 is 0 Å². The minimum absolute atomic E-state index is 0.0316. The molecule has 0 saturated carbocycles. The molecule has 0 radical (unpaired) electrons. The fourth-order valence-electron chi connectivity index (χ4n) is 0.575. The molecule has 0 unspecified atom stereocenters. The van der Waals surface area contributed by atoms with Crippen LogP contribution in [0.15, 0.2) is 29.2 Å². The minimum atomic E-state index is -1.74. The van der Waals surface area contributed by atoms with Crippen LogP contribution in [0.25, 0.3) is 0 Å². The zero-order valence-electron chi connectivity index (χ0n) is 4.88. The first-order valence-electron chi connectivity index (χ1n) is 2.54. The van der Waals surface area contributed by atoms with E-state index >= 15 is 0 Å². The lowest BCUT2D eigenvalue weighted by Crippen LogP contribution is -1.85. The summed E-state index contributed by atoms with van der Waals surface area (Å²) in [6, 6.07) is 5.70. The molecule has 0 aliphatic carbocycles. The van der Waals surface area contributed by atoms with E-state index in [-0.39, 0.29) is 4.90 Å². The quantitative estimate of drug-likeness (QED) is 0.602.